The Hall–Kier alpha value is -0.120. The van der Waals surface area contributed by atoms with Crippen LogP contribution in [0.25, 0.3) is 0 Å². The highest BCUT2D eigenvalue weighted by Crippen LogP contribution is 2.34. The molecule has 0 aromatic heterocycles. The second-order valence-corrected chi connectivity index (χ2v) is 3.97. The van der Waals surface area contributed by atoms with Crippen LogP contribution in [0.2, 0.25) is 0 Å². The lowest BCUT2D eigenvalue weighted by molar-refractivity contribution is -0.287. The third-order valence-electron chi connectivity index (χ3n) is 2.93. The van der Waals surface area contributed by atoms with E-state index in [0.29, 0.717) is 18.3 Å². The molecule has 3 nitrogen and oxygen atoms in total. The van der Waals surface area contributed by atoms with Gasteiger partial charge in [-0.05, 0) is 18.8 Å². The van der Waals surface area contributed by atoms with E-state index in [1.165, 1.54) is 0 Å². The van der Waals surface area contributed by atoms with Crippen LogP contribution in [0.5, 0.6) is 0 Å². The van der Waals surface area contributed by atoms with Gasteiger partial charge < -0.3 is 14.9 Å². The molecule has 4 unspecified atom stereocenters. The van der Waals surface area contributed by atoms with E-state index >= 15 is 0 Å². The molecule has 1 fully saturated rings. The van der Waals surface area contributed by atoms with Crippen LogP contribution in [0.15, 0.2) is 0 Å². The van der Waals surface area contributed by atoms with Crippen molar-refractivity contribution in [2.45, 2.75) is 39.1 Å². The first-order chi connectivity index (χ1) is 5.48. The van der Waals surface area contributed by atoms with Crippen molar-refractivity contribution in [2.75, 3.05) is 6.61 Å². The zero-order valence-corrected chi connectivity index (χ0v) is 7.95. The highest BCUT2D eigenvalue weighted by atomic mass is 16.6. The smallest absolute Gasteiger partial charge is 0.189 e. The number of rotatable bonds is 1. The molecule has 0 aliphatic carbocycles. The molecular weight excluding hydrogens is 156 g/mol. The van der Waals surface area contributed by atoms with Crippen molar-refractivity contribution in [2.24, 2.45) is 11.8 Å². The van der Waals surface area contributed by atoms with Crippen molar-refractivity contribution in [1.29, 1.82) is 0 Å². The molecule has 12 heavy (non-hydrogen) atoms. The zero-order valence-electron chi connectivity index (χ0n) is 7.95. The van der Waals surface area contributed by atoms with Gasteiger partial charge >= 0.3 is 0 Å². The van der Waals surface area contributed by atoms with Crippen LogP contribution < -0.4 is 0 Å². The Labute approximate surface area is 73.4 Å². The first-order valence-corrected chi connectivity index (χ1v) is 4.49. The summed E-state index contributed by atoms with van der Waals surface area (Å²) in [4.78, 5) is 0. The first-order valence-electron chi connectivity index (χ1n) is 4.49. The van der Waals surface area contributed by atoms with E-state index in [4.69, 9.17) is 9.84 Å². The fourth-order valence-electron chi connectivity index (χ4n) is 1.75. The quantitative estimate of drug-likeness (QED) is 0.616. The molecule has 4 atom stereocenters. The lowest BCUT2D eigenvalue weighted by atomic mass is 9.83. The normalized spacial score (nSPS) is 49.2. The standard InChI is InChI=1S/C9H18O3/c1-6-4-9(11,5-10)12-8(3)7(6)2/h6-8,10-11H,4-5H2,1-3H3. The molecule has 1 heterocycles. The molecule has 2 N–H and O–H groups in total. The van der Waals surface area contributed by atoms with Crippen molar-refractivity contribution in [3.8, 4) is 0 Å². The highest BCUT2D eigenvalue weighted by molar-refractivity contribution is 4.82. The topological polar surface area (TPSA) is 49.7 Å². The summed E-state index contributed by atoms with van der Waals surface area (Å²) >= 11 is 0. The van der Waals surface area contributed by atoms with Crippen molar-refractivity contribution in [3.63, 3.8) is 0 Å². The van der Waals surface area contributed by atoms with Crippen LogP contribution in [0, 0.1) is 11.8 Å². The van der Waals surface area contributed by atoms with Crippen LogP contribution in [0.1, 0.15) is 27.2 Å². The molecule has 72 valence electrons. The zero-order chi connectivity index (χ0) is 9.35. The molecular formula is C9H18O3. The molecule has 0 bridgehead atoms. The monoisotopic (exact) mass is 174 g/mol. The summed E-state index contributed by atoms with van der Waals surface area (Å²) in [5.74, 6) is -0.464. The van der Waals surface area contributed by atoms with Crippen LogP contribution in [0.3, 0.4) is 0 Å². The second kappa shape index (κ2) is 3.32. The van der Waals surface area contributed by atoms with Gasteiger partial charge in [0.2, 0.25) is 0 Å². The number of aliphatic hydroxyl groups is 2. The molecule has 0 aromatic rings. The van der Waals surface area contributed by atoms with E-state index in [1.807, 2.05) is 6.92 Å². The Kier molecular flexibility index (Phi) is 2.76. The summed E-state index contributed by atoms with van der Waals surface area (Å²) < 4.78 is 5.31. The molecule has 3 heteroatoms. The van der Waals surface area contributed by atoms with Gasteiger partial charge in [-0.25, -0.2) is 0 Å². The molecule has 1 saturated heterocycles. The van der Waals surface area contributed by atoms with E-state index in [1.54, 1.807) is 0 Å². The van der Waals surface area contributed by atoms with E-state index in [0.717, 1.165) is 0 Å². The Morgan fingerprint density at radius 3 is 2.42 bits per heavy atom. The molecule has 0 aromatic carbocycles. The maximum absolute atomic E-state index is 9.67. The summed E-state index contributed by atoms with van der Waals surface area (Å²) in [5.41, 5.74) is 0. The lowest BCUT2D eigenvalue weighted by Gasteiger charge is -2.42. The third-order valence-corrected chi connectivity index (χ3v) is 2.93. The maximum atomic E-state index is 9.67. The van der Waals surface area contributed by atoms with E-state index < -0.39 is 5.79 Å². The van der Waals surface area contributed by atoms with Gasteiger partial charge in [-0.2, -0.15) is 0 Å². The Balaban J connectivity index is 2.65. The van der Waals surface area contributed by atoms with Gasteiger partial charge in [0.1, 0.15) is 0 Å². The first kappa shape index (κ1) is 9.96. The summed E-state index contributed by atoms with van der Waals surface area (Å²) in [6, 6.07) is 0. The minimum atomic E-state index is -1.30. The van der Waals surface area contributed by atoms with E-state index in [-0.39, 0.29) is 12.7 Å². The largest absolute Gasteiger partial charge is 0.391 e. The molecule has 1 aliphatic heterocycles. The fraction of sp³-hybridized carbons (Fsp3) is 1.00. The average molecular weight is 174 g/mol. The summed E-state index contributed by atoms with van der Waals surface area (Å²) in [5, 5.41) is 18.6. The van der Waals surface area contributed by atoms with E-state index in [9.17, 15) is 5.11 Å². The van der Waals surface area contributed by atoms with Gasteiger partial charge in [0.15, 0.2) is 5.79 Å². The predicted molar refractivity (Wildman–Crippen MR) is 45.5 cm³/mol. The Bertz CT molecular complexity index is 146. The van der Waals surface area contributed by atoms with Gasteiger partial charge in [-0.3, -0.25) is 0 Å². The van der Waals surface area contributed by atoms with Gasteiger partial charge in [0, 0.05) is 6.42 Å². The molecule has 0 radical (unpaired) electrons. The SMILES string of the molecule is CC1CC(O)(CO)OC(C)C1C. The number of hydrogen-bond acceptors (Lipinski definition) is 3. The van der Waals surface area contributed by atoms with Gasteiger partial charge in [0.25, 0.3) is 0 Å². The van der Waals surface area contributed by atoms with Gasteiger partial charge in [0.05, 0.1) is 12.7 Å². The summed E-state index contributed by atoms with van der Waals surface area (Å²) in [6.45, 7) is 5.80. The molecule has 0 saturated carbocycles. The number of ether oxygens (including phenoxy) is 1. The fourth-order valence-corrected chi connectivity index (χ4v) is 1.75. The highest BCUT2D eigenvalue weighted by Gasteiger charge is 2.40. The second-order valence-electron chi connectivity index (χ2n) is 3.97. The lowest BCUT2D eigenvalue weighted by Crippen LogP contribution is -2.49. The van der Waals surface area contributed by atoms with Crippen LogP contribution >= 0.6 is 0 Å². The van der Waals surface area contributed by atoms with E-state index in [2.05, 4.69) is 13.8 Å². The maximum Gasteiger partial charge on any atom is 0.189 e. The van der Waals surface area contributed by atoms with Crippen LogP contribution in [-0.4, -0.2) is 28.7 Å². The number of hydrogen-bond donors (Lipinski definition) is 2. The summed E-state index contributed by atoms with van der Waals surface area (Å²) in [6.07, 6.45) is 0.542. The summed E-state index contributed by atoms with van der Waals surface area (Å²) in [7, 11) is 0. The van der Waals surface area contributed by atoms with Crippen LogP contribution in [0.4, 0.5) is 0 Å². The van der Waals surface area contributed by atoms with Crippen LogP contribution in [-0.2, 0) is 4.74 Å². The van der Waals surface area contributed by atoms with Gasteiger partial charge in [-0.15, -0.1) is 0 Å². The predicted octanol–water partition coefficient (Wildman–Crippen LogP) is 0.748. The molecule has 0 spiro atoms. The van der Waals surface area contributed by atoms with Crippen molar-refractivity contribution >= 4 is 0 Å². The minimum Gasteiger partial charge on any atom is -0.391 e. The van der Waals surface area contributed by atoms with Crippen molar-refractivity contribution < 1.29 is 14.9 Å². The van der Waals surface area contributed by atoms with Gasteiger partial charge in [-0.1, -0.05) is 13.8 Å². The number of aliphatic hydroxyl groups excluding tert-OH is 1. The van der Waals surface area contributed by atoms with Crippen molar-refractivity contribution in [3.05, 3.63) is 0 Å². The Morgan fingerprint density at radius 2 is 2.00 bits per heavy atom. The molecule has 1 aliphatic rings. The molecule has 0 amide bonds. The van der Waals surface area contributed by atoms with Crippen molar-refractivity contribution in [1.82, 2.24) is 0 Å². The minimum absolute atomic E-state index is 0.0194. The third kappa shape index (κ3) is 1.79. The molecule has 1 rings (SSSR count). The average Bonchev–Trinajstić information content (AvgIpc) is 2.00. The Morgan fingerprint density at radius 1 is 1.42 bits per heavy atom.